The van der Waals surface area contributed by atoms with Crippen molar-refractivity contribution >= 4 is 41.3 Å². The average molecular weight is 684 g/mol. The molecule has 1 aliphatic heterocycles. The van der Waals surface area contributed by atoms with Gasteiger partial charge >= 0.3 is 6.09 Å². The zero-order chi connectivity index (χ0) is 35.0. The van der Waals surface area contributed by atoms with Gasteiger partial charge in [-0.15, -0.1) is 0 Å². The average Bonchev–Trinajstić information content (AvgIpc) is 3.17. The number of carbonyl (C=O) groups is 3. The molecule has 10 heteroatoms. The molecule has 2 unspecified atom stereocenters. The van der Waals surface area contributed by atoms with Crippen LogP contribution in [0.5, 0.6) is 0 Å². The Morgan fingerprint density at radius 1 is 0.939 bits per heavy atom. The molecular formula is C39H39ClFN3O5. The highest BCUT2D eigenvalue weighted by Crippen LogP contribution is 2.40. The zero-order valence-corrected chi connectivity index (χ0v) is 28.4. The number of carbonyl (C=O) groups excluding carboxylic acids is 3. The number of nitrogens with zero attached hydrogens (tertiary/aromatic N) is 1. The molecule has 3 amide bonds. The molecule has 4 aromatic carbocycles. The summed E-state index contributed by atoms with van der Waals surface area (Å²) in [6.45, 7) is 5.72. The van der Waals surface area contributed by atoms with Gasteiger partial charge in [0.05, 0.1) is 12.1 Å². The Kier molecular flexibility index (Phi) is 11.5. The second-order valence-corrected chi connectivity index (χ2v) is 13.1. The molecule has 4 aromatic rings. The van der Waals surface area contributed by atoms with E-state index < -0.39 is 41.5 Å². The number of amides is 3. The van der Waals surface area contributed by atoms with Gasteiger partial charge < -0.3 is 25.0 Å². The van der Waals surface area contributed by atoms with Crippen LogP contribution in [-0.2, 0) is 32.2 Å². The molecule has 0 saturated heterocycles. The van der Waals surface area contributed by atoms with Crippen LogP contribution in [0.25, 0.3) is 6.08 Å². The van der Waals surface area contributed by atoms with E-state index in [1.807, 2.05) is 66.7 Å². The molecule has 2 N–H and O–H groups in total. The minimum absolute atomic E-state index is 0.0398. The van der Waals surface area contributed by atoms with Crippen molar-refractivity contribution in [3.05, 3.63) is 142 Å². The summed E-state index contributed by atoms with van der Waals surface area (Å²) >= 11 is 6.52. The minimum atomic E-state index is -1.19. The first-order chi connectivity index (χ1) is 23.5. The molecule has 8 nitrogen and oxygen atoms in total. The number of benzene rings is 4. The van der Waals surface area contributed by atoms with Gasteiger partial charge in [0.25, 0.3) is 5.91 Å². The predicted octanol–water partition coefficient (Wildman–Crippen LogP) is 7.74. The van der Waals surface area contributed by atoms with Gasteiger partial charge in [0.2, 0.25) is 5.91 Å². The molecular weight excluding hydrogens is 645 g/mol. The Bertz CT molecular complexity index is 1830. The van der Waals surface area contributed by atoms with Crippen LogP contribution in [0.15, 0.2) is 103 Å². The lowest BCUT2D eigenvalue weighted by Gasteiger charge is -2.24. The third-order valence-electron chi connectivity index (χ3n) is 7.70. The van der Waals surface area contributed by atoms with Crippen LogP contribution >= 0.6 is 11.6 Å². The zero-order valence-electron chi connectivity index (χ0n) is 27.6. The lowest BCUT2D eigenvalue weighted by atomic mass is 9.97. The van der Waals surface area contributed by atoms with E-state index in [1.165, 1.54) is 6.07 Å². The molecule has 0 saturated carbocycles. The van der Waals surface area contributed by atoms with E-state index in [-0.39, 0.29) is 26.1 Å². The standard InChI is InChI=1S/C39H39ClFN3O5/c1-39(2,3)49-38(47)43-24-27-13-9-16-28(21-27)36-31-22-30(40)18-19-33(31)44(20-10-14-26-11-5-4-6-12-26)37(46)34(48-36)23-35(45)42-25-29-15-7-8-17-32(29)41/h4-19,21-22,34,36H,20,23-25H2,1-3H3,(H,42,45)(H,43,47). The van der Waals surface area contributed by atoms with Crippen molar-refractivity contribution in [2.75, 3.05) is 11.4 Å². The van der Waals surface area contributed by atoms with Crippen molar-refractivity contribution in [1.29, 1.82) is 0 Å². The number of ether oxygens (including phenoxy) is 2. The number of alkyl carbamates (subject to hydrolysis) is 1. The van der Waals surface area contributed by atoms with Crippen molar-refractivity contribution in [3.8, 4) is 0 Å². The molecule has 0 aromatic heterocycles. The van der Waals surface area contributed by atoms with Gasteiger partial charge in [0.1, 0.15) is 23.6 Å². The van der Waals surface area contributed by atoms with Crippen LogP contribution in [0.2, 0.25) is 5.02 Å². The van der Waals surface area contributed by atoms with Gasteiger partial charge in [-0.3, -0.25) is 9.59 Å². The van der Waals surface area contributed by atoms with Gasteiger partial charge in [-0.05, 0) is 61.7 Å². The third-order valence-corrected chi connectivity index (χ3v) is 7.93. The highest BCUT2D eigenvalue weighted by molar-refractivity contribution is 6.30. The van der Waals surface area contributed by atoms with Gasteiger partial charge in [0.15, 0.2) is 0 Å². The third kappa shape index (κ3) is 9.78. The number of fused-ring (bicyclic) bond motifs is 1. The number of halogens is 2. The summed E-state index contributed by atoms with van der Waals surface area (Å²) in [4.78, 5) is 41.5. The van der Waals surface area contributed by atoms with Crippen molar-refractivity contribution < 1.29 is 28.2 Å². The Hall–Kier alpha value is -4.99. The van der Waals surface area contributed by atoms with E-state index in [1.54, 1.807) is 62.1 Å². The van der Waals surface area contributed by atoms with E-state index in [0.29, 0.717) is 27.4 Å². The van der Waals surface area contributed by atoms with Gasteiger partial charge in [-0.2, -0.15) is 0 Å². The molecule has 0 bridgehead atoms. The number of hydrogen-bond acceptors (Lipinski definition) is 5. The predicted molar refractivity (Wildman–Crippen MR) is 188 cm³/mol. The Labute approximate surface area is 290 Å². The number of nitrogens with one attached hydrogen (secondary N) is 2. The molecule has 0 aliphatic carbocycles. The van der Waals surface area contributed by atoms with E-state index in [9.17, 15) is 18.8 Å². The SMILES string of the molecule is CC(C)(C)OC(=O)NCc1cccc(C2OC(CC(=O)NCc3ccccc3F)C(=O)N(CC=Cc3ccccc3)c3ccc(Cl)cc32)c1. The Morgan fingerprint density at radius 2 is 1.69 bits per heavy atom. The van der Waals surface area contributed by atoms with Crippen molar-refractivity contribution in [2.24, 2.45) is 0 Å². The highest BCUT2D eigenvalue weighted by Gasteiger charge is 2.37. The van der Waals surface area contributed by atoms with Gasteiger partial charge in [-0.25, -0.2) is 9.18 Å². The molecule has 5 rings (SSSR count). The first-order valence-corrected chi connectivity index (χ1v) is 16.4. The molecule has 0 fully saturated rings. The van der Waals surface area contributed by atoms with Crippen LogP contribution in [0.4, 0.5) is 14.9 Å². The lowest BCUT2D eigenvalue weighted by molar-refractivity contribution is -0.138. The molecule has 1 heterocycles. The monoisotopic (exact) mass is 683 g/mol. The molecule has 254 valence electrons. The maximum Gasteiger partial charge on any atom is 0.407 e. The van der Waals surface area contributed by atoms with Crippen LogP contribution in [0.3, 0.4) is 0 Å². The number of rotatable bonds is 10. The summed E-state index contributed by atoms with van der Waals surface area (Å²) in [6, 6.07) is 28.5. The maximum absolute atomic E-state index is 14.3. The second-order valence-electron chi connectivity index (χ2n) is 12.6. The maximum atomic E-state index is 14.3. The van der Waals surface area contributed by atoms with E-state index in [2.05, 4.69) is 10.6 Å². The first-order valence-electron chi connectivity index (χ1n) is 16.0. The number of hydrogen-bond donors (Lipinski definition) is 2. The molecule has 0 radical (unpaired) electrons. The Morgan fingerprint density at radius 3 is 2.45 bits per heavy atom. The smallest absolute Gasteiger partial charge is 0.407 e. The summed E-state index contributed by atoms with van der Waals surface area (Å²) in [6.07, 6.45) is 0.960. The molecule has 0 spiro atoms. The van der Waals surface area contributed by atoms with Gasteiger partial charge in [0, 0.05) is 35.8 Å². The summed E-state index contributed by atoms with van der Waals surface area (Å²) in [7, 11) is 0. The quantitative estimate of drug-likeness (QED) is 0.178. The normalized spacial score (nSPS) is 16.2. The van der Waals surface area contributed by atoms with Crippen LogP contribution in [-0.4, -0.2) is 36.2 Å². The second kappa shape index (κ2) is 15.9. The fourth-order valence-electron chi connectivity index (χ4n) is 5.44. The van der Waals surface area contributed by atoms with Crippen molar-refractivity contribution in [3.63, 3.8) is 0 Å². The van der Waals surface area contributed by atoms with E-state index in [4.69, 9.17) is 21.1 Å². The van der Waals surface area contributed by atoms with Crippen LogP contribution in [0, 0.1) is 5.82 Å². The molecule has 1 aliphatic rings. The van der Waals surface area contributed by atoms with Crippen molar-refractivity contribution in [2.45, 2.75) is 58.1 Å². The summed E-state index contributed by atoms with van der Waals surface area (Å²) in [5, 5.41) is 5.95. The topological polar surface area (TPSA) is 97.0 Å². The largest absolute Gasteiger partial charge is 0.444 e. The highest BCUT2D eigenvalue weighted by atomic mass is 35.5. The minimum Gasteiger partial charge on any atom is -0.444 e. The molecule has 2 atom stereocenters. The van der Waals surface area contributed by atoms with E-state index >= 15 is 0 Å². The summed E-state index contributed by atoms with van der Waals surface area (Å²) < 4.78 is 26.2. The van der Waals surface area contributed by atoms with Gasteiger partial charge in [-0.1, -0.05) is 96.5 Å². The molecule has 49 heavy (non-hydrogen) atoms. The number of anilines is 1. The van der Waals surface area contributed by atoms with Crippen LogP contribution < -0.4 is 15.5 Å². The fraction of sp³-hybridized carbons (Fsp3) is 0.256. The summed E-state index contributed by atoms with van der Waals surface area (Å²) in [5.41, 5.74) is 3.34. The summed E-state index contributed by atoms with van der Waals surface area (Å²) in [5.74, 6) is -1.32. The first kappa shape index (κ1) is 35.3. The van der Waals surface area contributed by atoms with Crippen LogP contribution in [0.1, 0.15) is 61.1 Å². The fourth-order valence-corrected chi connectivity index (χ4v) is 5.62. The van der Waals surface area contributed by atoms with Crippen molar-refractivity contribution in [1.82, 2.24) is 10.6 Å². The van der Waals surface area contributed by atoms with E-state index in [0.717, 1.165) is 11.1 Å². The Balaban J connectivity index is 1.46. The lowest BCUT2D eigenvalue weighted by Crippen LogP contribution is -2.42.